The molecule has 1 heterocycles. The van der Waals surface area contributed by atoms with E-state index < -0.39 is 6.04 Å². The summed E-state index contributed by atoms with van der Waals surface area (Å²) in [5, 5.41) is 13.1. The molecule has 1 aliphatic heterocycles. The fraction of sp³-hybridized carbons (Fsp3) is 0.444. The molecule has 0 saturated carbocycles. The van der Waals surface area contributed by atoms with Crippen molar-refractivity contribution in [3.05, 3.63) is 95.6 Å². The van der Waals surface area contributed by atoms with E-state index in [1.807, 2.05) is 50.2 Å². The zero-order chi connectivity index (χ0) is 31.5. The lowest BCUT2D eigenvalue weighted by Gasteiger charge is -2.36. The van der Waals surface area contributed by atoms with E-state index in [1.54, 1.807) is 35.2 Å². The number of rotatable bonds is 8. The molecule has 8 heteroatoms. The van der Waals surface area contributed by atoms with Gasteiger partial charge >= 0.3 is 0 Å². The number of carbonyl (C=O) groups is 2. The molecule has 0 aliphatic carbocycles. The first-order valence-electron chi connectivity index (χ1n) is 15.7. The second-order valence-corrected chi connectivity index (χ2v) is 12.0. The van der Waals surface area contributed by atoms with Crippen molar-refractivity contribution in [2.75, 3.05) is 38.7 Å². The van der Waals surface area contributed by atoms with Gasteiger partial charge in [0.2, 0.25) is 0 Å². The summed E-state index contributed by atoms with van der Waals surface area (Å²) in [6, 6.07) is 24.1. The Kier molecular flexibility index (Phi) is 12.4. The number of anilines is 1. The van der Waals surface area contributed by atoms with Gasteiger partial charge in [-0.05, 0) is 76.1 Å². The van der Waals surface area contributed by atoms with Crippen LogP contribution in [0, 0.1) is 5.92 Å². The molecule has 2 amide bonds. The molecule has 4 atom stereocenters. The lowest BCUT2D eigenvalue weighted by atomic mass is 10.0. The molecular weight excluding hydrogens is 554 g/mol. The van der Waals surface area contributed by atoms with Gasteiger partial charge < -0.3 is 24.8 Å². The molecule has 236 valence electrons. The van der Waals surface area contributed by atoms with Gasteiger partial charge in [-0.3, -0.25) is 14.5 Å². The first-order valence-corrected chi connectivity index (χ1v) is 15.7. The minimum Gasteiger partial charge on any atom is -0.490 e. The average Bonchev–Trinajstić information content (AvgIpc) is 3.03. The normalized spacial score (nSPS) is 20.7. The molecule has 4 rings (SSSR count). The number of likely N-dealkylation sites (N-methyl/N-ethyl adjacent to an activating group) is 1. The molecule has 0 unspecified atom stereocenters. The summed E-state index contributed by atoms with van der Waals surface area (Å²) in [5.41, 5.74) is 2.61. The van der Waals surface area contributed by atoms with Crippen molar-refractivity contribution in [3.8, 4) is 5.75 Å². The van der Waals surface area contributed by atoms with Crippen LogP contribution in [0.4, 0.5) is 5.69 Å². The standard InChI is InChI=1S/C36H47N3O5/c1-26-22-39(27(2)25-40)36(42)32-21-31(37-35(41)30-16-9-6-10-17-30)18-19-33(32)44-28(3)13-11-12-20-43-34(26)24-38(4)23-29-14-7-5-8-15-29/h5-10,14-19,21,26-28,34,40H,11-13,20,22-25H2,1-4H3,(H,37,41)/t26-,27+,28-,34-/m1/s1. The lowest BCUT2D eigenvalue weighted by Crippen LogP contribution is -2.47. The van der Waals surface area contributed by atoms with Crippen LogP contribution >= 0.6 is 0 Å². The van der Waals surface area contributed by atoms with Gasteiger partial charge in [-0.1, -0.05) is 55.5 Å². The van der Waals surface area contributed by atoms with E-state index in [-0.39, 0.29) is 36.5 Å². The second-order valence-electron chi connectivity index (χ2n) is 12.0. The molecule has 44 heavy (non-hydrogen) atoms. The first-order chi connectivity index (χ1) is 21.2. The zero-order valence-corrected chi connectivity index (χ0v) is 26.4. The first kappa shape index (κ1) is 33.2. The third kappa shape index (κ3) is 9.39. The Morgan fingerprint density at radius 1 is 1.05 bits per heavy atom. The smallest absolute Gasteiger partial charge is 0.258 e. The van der Waals surface area contributed by atoms with Gasteiger partial charge in [0.25, 0.3) is 11.8 Å². The van der Waals surface area contributed by atoms with E-state index in [4.69, 9.17) is 9.47 Å². The number of nitrogens with zero attached hydrogens (tertiary/aromatic N) is 2. The van der Waals surface area contributed by atoms with Gasteiger partial charge in [-0.25, -0.2) is 0 Å². The number of carbonyl (C=O) groups excluding carboxylic acids is 2. The molecular formula is C36H47N3O5. The van der Waals surface area contributed by atoms with Crippen molar-refractivity contribution in [3.63, 3.8) is 0 Å². The third-order valence-electron chi connectivity index (χ3n) is 8.13. The number of amides is 2. The van der Waals surface area contributed by atoms with Gasteiger partial charge in [0, 0.05) is 43.4 Å². The van der Waals surface area contributed by atoms with E-state index in [1.165, 1.54) is 5.56 Å². The van der Waals surface area contributed by atoms with Crippen LogP contribution in [0.25, 0.3) is 0 Å². The maximum absolute atomic E-state index is 14.3. The number of benzene rings is 3. The Hall–Kier alpha value is -3.72. The SMILES string of the molecule is C[C@@H]1CCCCO[C@H](CN(C)Cc2ccccc2)[C@H](C)CN([C@@H](C)CO)C(=O)c2cc(NC(=O)c3ccccc3)ccc2O1. The summed E-state index contributed by atoms with van der Waals surface area (Å²) in [6.07, 6.45) is 2.42. The van der Waals surface area contributed by atoms with Crippen LogP contribution in [0.15, 0.2) is 78.9 Å². The molecule has 3 aromatic rings. The quantitative estimate of drug-likeness (QED) is 0.336. The van der Waals surface area contributed by atoms with Gasteiger partial charge in [0.1, 0.15) is 5.75 Å². The Bertz CT molecular complexity index is 1340. The highest BCUT2D eigenvalue weighted by atomic mass is 16.5. The minimum absolute atomic E-state index is 0.0154. The summed E-state index contributed by atoms with van der Waals surface area (Å²) in [6.45, 7) is 8.28. The van der Waals surface area contributed by atoms with Crippen molar-refractivity contribution < 1.29 is 24.2 Å². The minimum atomic E-state index is -0.437. The van der Waals surface area contributed by atoms with E-state index in [2.05, 4.69) is 36.3 Å². The topological polar surface area (TPSA) is 91.3 Å². The van der Waals surface area contributed by atoms with Crippen LogP contribution in [0.3, 0.4) is 0 Å². The Balaban J connectivity index is 1.61. The summed E-state index contributed by atoms with van der Waals surface area (Å²) in [7, 11) is 2.09. The highest BCUT2D eigenvalue weighted by molar-refractivity contribution is 6.05. The number of ether oxygens (including phenoxy) is 2. The Morgan fingerprint density at radius 2 is 1.75 bits per heavy atom. The summed E-state index contributed by atoms with van der Waals surface area (Å²) < 4.78 is 12.8. The largest absolute Gasteiger partial charge is 0.490 e. The van der Waals surface area contributed by atoms with E-state index in [9.17, 15) is 14.7 Å². The summed E-state index contributed by atoms with van der Waals surface area (Å²) in [4.78, 5) is 31.2. The summed E-state index contributed by atoms with van der Waals surface area (Å²) >= 11 is 0. The predicted molar refractivity (Wildman–Crippen MR) is 174 cm³/mol. The van der Waals surface area contributed by atoms with Crippen molar-refractivity contribution in [1.29, 1.82) is 0 Å². The monoisotopic (exact) mass is 601 g/mol. The molecule has 2 N–H and O–H groups in total. The fourth-order valence-electron chi connectivity index (χ4n) is 5.52. The zero-order valence-electron chi connectivity index (χ0n) is 26.4. The number of hydrogen-bond donors (Lipinski definition) is 2. The average molecular weight is 602 g/mol. The van der Waals surface area contributed by atoms with Crippen LogP contribution in [-0.2, 0) is 11.3 Å². The summed E-state index contributed by atoms with van der Waals surface area (Å²) in [5.74, 6) is -0.0688. The lowest BCUT2D eigenvalue weighted by molar-refractivity contribution is -0.0177. The van der Waals surface area contributed by atoms with Crippen molar-refractivity contribution in [2.24, 2.45) is 5.92 Å². The molecule has 3 aromatic carbocycles. The number of hydrogen-bond acceptors (Lipinski definition) is 6. The molecule has 0 fully saturated rings. The molecule has 0 radical (unpaired) electrons. The van der Waals surface area contributed by atoms with Gasteiger partial charge in [-0.15, -0.1) is 0 Å². The Labute approximate surface area is 262 Å². The van der Waals surface area contributed by atoms with E-state index in [0.717, 1.165) is 25.8 Å². The highest BCUT2D eigenvalue weighted by Crippen LogP contribution is 2.29. The van der Waals surface area contributed by atoms with Crippen molar-refractivity contribution in [1.82, 2.24) is 9.80 Å². The highest BCUT2D eigenvalue weighted by Gasteiger charge is 2.30. The molecule has 0 bridgehead atoms. The van der Waals surface area contributed by atoms with Crippen molar-refractivity contribution in [2.45, 2.75) is 64.8 Å². The molecule has 0 aromatic heterocycles. The number of aliphatic hydroxyl groups excluding tert-OH is 1. The predicted octanol–water partition coefficient (Wildman–Crippen LogP) is 5.87. The van der Waals surface area contributed by atoms with Crippen LogP contribution < -0.4 is 10.1 Å². The molecule has 0 spiro atoms. The number of nitrogens with one attached hydrogen (secondary N) is 1. The van der Waals surface area contributed by atoms with Crippen LogP contribution in [0.5, 0.6) is 5.75 Å². The maximum atomic E-state index is 14.3. The fourth-order valence-corrected chi connectivity index (χ4v) is 5.52. The molecule has 1 aliphatic rings. The third-order valence-corrected chi connectivity index (χ3v) is 8.13. The van der Waals surface area contributed by atoms with Crippen LogP contribution in [0.1, 0.15) is 66.3 Å². The van der Waals surface area contributed by atoms with Crippen LogP contribution in [0.2, 0.25) is 0 Å². The Morgan fingerprint density at radius 3 is 2.45 bits per heavy atom. The second kappa shape index (κ2) is 16.4. The van der Waals surface area contributed by atoms with Gasteiger partial charge in [0.15, 0.2) is 0 Å². The van der Waals surface area contributed by atoms with Crippen molar-refractivity contribution >= 4 is 17.5 Å². The number of aliphatic hydroxyl groups is 1. The van der Waals surface area contributed by atoms with E-state index in [0.29, 0.717) is 42.3 Å². The molecule has 0 saturated heterocycles. The molecule has 8 nitrogen and oxygen atoms in total. The maximum Gasteiger partial charge on any atom is 0.258 e. The van der Waals surface area contributed by atoms with Gasteiger partial charge in [-0.2, -0.15) is 0 Å². The van der Waals surface area contributed by atoms with Gasteiger partial charge in [0.05, 0.1) is 30.4 Å². The number of fused-ring (bicyclic) bond motifs is 1. The van der Waals surface area contributed by atoms with E-state index >= 15 is 0 Å². The van der Waals surface area contributed by atoms with Crippen LogP contribution in [-0.4, -0.2) is 78.3 Å².